The number of carboxylic acid groups (broad SMARTS) is 1. The van der Waals surface area contributed by atoms with Crippen LogP contribution in [0.3, 0.4) is 0 Å². The summed E-state index contributed by atoms with van der Waals surface area (Å²) in [6, 6.07) is -0.0331. The molecule has 3 N–H and O–H groups in total. The molecule has 0 spiro atoms. The lowest BCUT2D eigenvalue weighted by atomic mass is 9.88. The van der Waals surface area contributed by atoms with Gasteiger partial charge in [0.05, 0.1) is 5.92 Å². The average Bonchev–Trinajstić information content (AvgIpc) is 2.95. The van der Waals surface area contributed by atoms with Gasteiger partial charge in [-0.1, -0.05) is 0 Å². The fraction of sp³-hybridized carbons (Fsp3) is 0.833. The number of rotatable bonds is 6. The summed E-state index contributed by atoms with van der Waals surface area (Å²) in [4.78, 5) is 23.2. The maximum atomic E-state index is 12.1. The molecule has 4 atom stereocenters. The predicted molar refractivity (Wildman–Crippen MR) is 70.6 cm³/mol. The molecular formula is C12H20N2O3S. The summed E-state index contributed by atoms with van der Waals surface area (Å²) in [7, 11) is 0. The maximum Gasteiger partial charge on any atom is 0.326 e. The van der Waals surface area contributed by atoms with Crippen molar-refractivity contribution in [3.63, 3.8) is 0 Å². The van der Waals surface area contributed by atoms with Gasteiger partial charge in [0, 0.05) is 12.1 Å². The second-order valence-electron chi connectivity index (χ2n) is 5.07. The minimum atomic E-state index is -0.937. The van der Waals surface area contributed by atoms with Gasteiger partial charge in [-0.2, -0.15) is 11.8 Å². The molecule has 1 amide bonds. The number of hydrogen-bond acceptors (Lipinski definition) is 4. The normalized spacial score (nSPS) is 31.3. The van der Waals surface area contributed by atoms with Crippen LogP contribution in [0.1, 0.15) is 25.7 Å². The molecule has 2 saturated heterocycles. The van der Waals surface area contributed by atoms with Crippen LogP contribution in [0.25, 0.3) is 0 Å². The molecule has 0 saturated carbocycles. The number of thioether (sulfide) groups is 1. The van der Waals surface area contributed by atoms with Gasteiger partial charge in [-0.3, -0.25) is 4.79 Å². The molecule has 0 radical (unpaired) electrons. The van der Waals surface area contributed by atoms with Crippen molar-refractivity contribution < 1.29 is 14.7 Å². The van der Waals surface area contributed by atoms with E-state index in [1.807, 2.05) is 6.26 Å². The van der Waals surface area contributed by atoms with Crippen LogP contribution in [-0.2, 0) is 9.59 Å². The molecule has 2 aliphatic rings. The molecule has 2 heterocycles. The summed E-state index contributed by atoms with van der Waals surface area (Å²) in [6.07, 6.45) is 5.44. The second kappa shape index (κ2) is 5.93. The Balaban J connectivity index is 1.86. The maximum absolute atomic E-state index is 12.1. The van der Waals surface area contributed by atoms with Gasteiger partial charge in [0.1, 0.15) is 6.04 Å². The molecule has 102 valence electrons. The van der Waals surface area contributed by atoms with E-state index in [1.54, 1.807) is 11.8 Å². The first-order chi connectivity index (χ1) is 8.61. The molecule has 3 unspecified atom stereocenters. The third-order valence-corrected chi connectivity index (χ3v) is 4.51. The zero-order valence-electron chi connectivity index (χ0n) is 10.5. The van der Waals surface area contributed by atoms with Crippen LogP contribution in [0, 0.1) is 5.92 Å². The van der Waals surface area contributed by atoms with Crippen molar-refractivity contribution in [1.29, 1.82) is 0 Å². The molecule has 0 aromatic rings. The summed E-state index contributed by atoms with van der Waals surface area (Å²) in [5.41, 5.74) is 0. The van der Waals surface area contributed by atoms with E-state index < -0.39 is 12.0 Å². The Morgan fingerprint density at radius 3 is 2.78 bits per heavy atom. The summed E-state index contributed by atoms with van der Waals surface area (Å²) < 4.78 is 0. The summed E-state index contributed by atoms with van der Waals surface area (Å²) in [5, 5.41) is 15.2. The van der Waals surface area contributed by atoms with Crippen LogP contribution < -0.4 is 10.6 Å². The van der Waals surface area contributed by atoms with E-state index in [4.69, 9.17) is 5.11 Å². The number of nitrogens with one attached hydrogen (secondary N) is 2. The van der Waals surface area contributed by atoms with Gasteiger partial charge in [0.25, 0.3) is 0 Å². The van der Waals surface area contributed by atoms with Crippen LogP contribution in [0.2, 0.25) is 0 Å². The lowest BCUT2D eigenvalue weighted by molar-refractivity contribution is -0.142. The molecular weight excluding hydrogens is 252 g/mol. The van der Waals surface area contributed by atoms with Gasteiger partial charge in [0.15, 0.2) is 0 Å². The van der Waals surface area contributed by atoms with Gasteiger partial charge in [-0.15, -0.1) is 0 Å². The Hall–Kier alpha value is -0.750. The third-order valence-electron chi connectivity index (χ3n) is 3.86. The molecule has 0 aromatic heterocycles. The Morgan fingerprint density at radius 1 is 1.50 bits per heavy atom. The van der Waals surface area contributed by atoms with E-state index in [9.17, 15) is 9.59 Å². The number of carbonyl (C=O) groups excluding carboxylic acids is 1. The average molecular weight is 272 g/mol. The van der Waals surface area contributed by atoms with E-state index in [1.165, 1.54) is 0 Å². The lowest BCUT2D eigenvalue weighted by Crippen LogP contribution is -2.46. The second-order valence-corrected chi connectivity index (χ2v) is 6.06. The minimum absolute atomic E-state index is 0.0418. The molecule has 0 aromatic carbocycles. The van der Waals surface area contributed by atoms with Crippen molar-refractivity contribution in [3.8, 4) is 0 Å². The van der Waals surface area contributed by atoms with Crippen molar-refractivity contribution in [1.82, 2.24) is 10.6 Å². The van der Waals surface area contributed by atoms with Gasteiger partial charge in [0.2, 0.25) is 5.91 Å². The number of amides is 1. The van der Waals surface area contributed by atoms with E-state index >= 15 is 0 Å². The fourth-order valence-corrected chi connectivity index (χ4v) is 3.36. The molecule has 6 heteroatoms. The molecule has 0 aliphatic carbocycles. The highest BCUT2D eigenvalue weighted by atomic mass is 32.2. The quantitative estimate of drug-likeness (QED) is 0.654. The van der Waals surface area contributed by atoms with Crippen LogP contribution in [0.15, 0.2) is 0 Å². The van der Waals surface area contributed by atoms with Crippen LogP contribution in [0.5, 0.6) is 0 Å². The summed E-state index contributed by atoms with van der Waals surface area (Å²) >= 11 is 1.59. The SMILES string of the molecule is CSCC[C@H](NC(=O)C1CC2CCC1N2)C(=O)O. The molecule has 5 nitrogen and oxygen atoms in total. The van der Waals surface area contributed by atoms with Crippen molar-refractivity contribution in [2.45, 2.75) is 43.8 Å². The first kappa shape index (κ1) is 13.7. The van der Waals surface area contributed by atoms with Gasteiger partial charge in [-0.05, 0) is 37.7 Å². The third kappa shape index (κ3) is 2.98. The standard InChI is InChI=1S/C12H20N2O3S/c1-18-5-4-10(12(16)17)14-11(15)8-6-7-2-3-9(8)13-7/h7-10,13H,2-6H2,1H3,(H,14,15)(H,16,17)/t7?,8?,9?,10-/m0/s1. The Bertz CT molecular complexity index is 337. The zero-order valence-corrected chi connectivity index (χ0v) is 11.3. The number of carboxylic acids is 1. The highest BCUT2D eigenvalue weighted by Gasteiger charge is 2.43. The molecule has 2 aliphatic heterocycles. The van der Waals surface area contributed by atoms with E-state index in [-0.39, 0.29) is 17.9 Å². The molecule has 2 fully saturated rings. The molecule has 2 bridgehead atoms. The van der Waals surface area contributed by atoms with Crippen molar-refractivity contribution >= 4 is 23.6 Å². The number of carbonyl (C=O) groups is 2. The van der Waals surface area contributed by atoms with Crippen LogP contribution in [-0.4, -0.2) is 47.1 Å². The number of fused-ring (bicyclic) bond motifs is 2. The highest BCUT2D eigenvalue weighted by Crippen LogP contribution is 2.33. The zero-order chi connectivity index (χ0) is 13.1. The Morgan fingerprint density at radius 2 is 2.28 bits per heavy atom. The Labute approximate surface area is 111 Å². The lowest BCUT2D eigenvalue weighted by Gasteiger charge is -2.22. The number of aliphatic carboxylic acids is 1. The Kier molecular flexibility index (Phi) is 4.50. The van der Waals surface area contributed by atoms with Gasteiger partial charge >= 0.3 is 5.97 Å². The van der Waals surface area contributed by atoms with Gasteiger partial charge in [-0.25, -0.2) is 4.79 Å². The predicted octanol–water partition coefficient (Wildman–Crippen LogP) is 0.449. The largest absolute Gasteiger partial charge is 0.480 e. The van der Waals surface area contributed by atoms with Gasteiger partial charge < -0.3 is 15.7 Å². The number of hydrogen-bond donors (Lipinski definition) is 3. The fourth-order valence-electron chi connectivity index (χ4n) is 2.89. The van der Waals surface area contributed by atoms with Crippen molar-refractivity contribution in [2.75, 3.05) is 12.0 Å². The van der Waals surface area contributed by atoms with E-state index in [0.29, 0.717) is 12.5 Å². The first-order valence-corrected chi connectivity index (χ1v) is 7.79. The highest BCUT2D eigenvalue weighted by molar-refractivity contribution is 7.98. The van der Waals surface area contributed by atoms with Crippen molar-refractivity contribution in [3.05, 3.63) is 0 Å². The monoisotopic (exact) mass is 272 g/mol. The molecule has 18 heavy (non-hydrogen) atoms. The topological polar surface area (TPSA) is 78.4 Å². The smallest absolute Gasteiger partial charge is 0.326 e. The summed E-state index contributed by atoms with van der Waals surface area (Å²) in [6.45, 7) is 0. The van der Waals surface area contributed by atoms with E-state index in [2.05, 4.69) is 10.6 Å². The van der Waals surface area contributed by atoms with Crippen LogP contribution in [0.4, 0.5) is 0 Å². The summed E-state index contributed by atoms with van der Waals surface area (Å²) in [5.74, 6) is -0.330. The van der Waals surface area contributed by atoms with Crippen molar-refractivity contribution in [2.24, 2.45) is 5.92 Å². The molecule has 2 rings (SSSR count). The minimum Gasteiger partial charge on any atom is -0.480 e. The van der Waals surface area contributed by atoms with Crippen LogP contribution >= 0.6 is 11.8 Å². The van der Waals surface area contributed by atoms with E-state index in [0.717, 1.165) is 25.0 Å². The first-order valence-electron chi connectivity index (χ1n) is 6.40.